The van der Waals surface area contributed by atoms with E-state index in [0.717, 1.165) is 54.2 Å². The van der Waals surface area contributed by atoms with Crippen LogP contribution < -0.4 is 10.6 Å². The zero-order chi connectivity index (χ0) is 27.4. The van der Waals surface area contributed by atoms with E-state index in [0.29, 0.717) is 12.5 Å². The largest absolute Gasteiger partial charge is 0.391 e. The first-order chi connectivity index (χ1) is 18.0. The zero-order valence-electron chi connectivity index (χ0n) is 23.4. The van der Waals surface area contributed by atoms with Crippen molar-refractivity contribution in [2.45, 2.75) is 71.7 Å². The second-order valence-electron chi connectivity index (χ2n) is 12.0. The number of hydrogen-bond acceptors (Lipinski definition) is 7. The molecule has 0 saturated carbocycles. The smallest absolute Gasteiger partial charge is 0.243 e. The molecular weight excluding hydrogens is 498 g/mol. The van der Waals surface area contributed by atoms with E-state index in [9.17, 15) is 14.7 Å². The van der Waals surface area contributed by atoms with Gasteiger partial charge in [0.25, 0.3) is 0 Å². The normalized spacial score (nSPS) is 22.0. The lowest BCUT2D eigenvalue weighted by atomic mass is 9.85. The van der Waals surface area contributed by atoms with Crippen LogP contribution in [0, 0.1) is 18.3 Å². The quantitative estimate of drug-likeness (QED) is 0.475. The second kappa shape index (κ2) is 12.2. The molecule has 8 nitrogen and oxygen atoms in total. The van der Waals surface area contributed by atoms with Crippen LogP contribution in [0.1, 0.15) is 51.3 Å². The summed E-state index contributed by atoms with van der Waals surface area (Å²) >= 11 is 1.61. The van der Waals surface area contributed by atoms with E-state index in [1.54, 1.807) is 16.2 Å². The summed E-state index contributed by atoms with van der Waals surface area (Å²) in [5.41, 5.74) is 4.62. The molecule has 2 aliphatic heterocycles. The Labute approximate surface area is 230 Å². The molecule has 3 heterocycles. The molecule has 1 aromatic carbocycles. The highest BCUT2D eigenvalue weighted by Crippen LogP contribution is 2.28. The molecule has 38 heavy (non-hydrogen) atoms. The van der Waals surface area contributed by atoms with Gasteiger partial charge in [-0.2, -0.15) is 0 Å². The summed E-state index contributed by atoms with van der Waals surface area (Å²) in [5, 5.41) is 17.0. The summed E-state index contributed by atoms with van der Waals surface area (Å²) in [6.45, 7) is 11.6. The van der Waals surface area contributed by atoms with Crippen molar-refractivity contribution >= 4 is 23.2 Å². The van der Waals surface area contributed by atoms with Crippen molar-refractivity contribution in [1.29, 1.82) is 0 Å². The van der Waals surface area contributed by atoms with Gasteiger partial charge in [-0.15, -0.1) is 11.3 Å². The number of hydrogen-bond donors (Lipinski definition) is 3. The third-order valence-corrected chi connectivity index (χ3v) is 8.83. The van der Waals surface area contributed by atoms with Crippen LogP contribution in [0.25, 0.3) is 10.4 Å². The number of benzene rings is 1. The molecule has 2 aromatic rings. The van der Waals surface area contributed by atoms with Crippen LogP contribution in [0.3, 0.4) is 0 Å². The van der Waals surface area contributed by atoms with Crippen LogP contribution in [0.4, 0.5) is 0 Å². The van der Waals surface area contributed by atoms with E-state index in [1.807, 2.05) is 36.7 Å². The number of nitrogens with one attached hydrogen (secondary N) is 2. The predicted octanol–water partition coefficient (Wildman–Crippen LogP) is 3.04. The number of aliphatic hydroxyl groups is 1. The molecule has 2 saturated heterocycles. The van der Waals surface area contributed by atoms with Crippen molar-refractivity contribution in [3.8, 4) is 10.4 Å². The Morgan fingerprint density at radius 2 is 1.87 bits per heavy atom. The number of rotatable bonds is 8. The average Bonchev–Trinajstić information content (AvgIpc) is 3.48. The van der Waals surface area contributed by atoms with E-state index in [-0.39, 0.29) is 30.2 Å². The van der Waals surface area contributed by atoms with Crippen molar-refractivity contribution in [3.63, 3.8) is 0 Å². The van der Waals surface area contributed by atoms with Crippen LogP contribution >= 0.6 is 11.3 Å². The second-order valence-corrected chi connectivity index (χ2v) is 12.9. The average molecular weight is 542 g/mol. The van der Waals surface area contributed by atoms with Crippen LogP contribution in [0.5, 0.6) is 0 Å². The van der Waals surface area contributed by atoms with Crippen LogP contribution in [-0.2, 0) is 16.1 Å². The number of carbonyl (C=O) groups excluding carboxylic acids is 2. The summed E-state index contributed by atoms with van der Waals surface area (Å²) in [6.07, 6.45) is 1.79. The number of nitrogens with zero attached hydrogens (tertiary/aromatic N) is 3. The van der Waals surface area contributed by atoms with Crippen molar-refractivity contribution in [2.75, 3.05) is 33.2 Å². The Bertz CT molecular complexity index is 1090. The lowest BCUT2D eigenvalue weighted by Gasteiger charge is -2.37. The Morgan fingerprint density at radius 1 is 1.18 bits per heavy atom. The molecule has 2 aliphatic rings. The Morgan fingerprint density at radius 3 is 2.47 bits per heavy atom. The molecule has 4 rings (SSSR count). The minimum atomic E-state index is -0.703. The van der Waals surface area contributed by atoms with Crippen molar-refractivity contribution in [2.24, 2.45) is 11.3 Å². The van der Waals surface area contributed by atoms with E-state index >= 15 is 0 Å². The molecule has 0 aliphatic carbocycles. The number of aromatic nitrogens is 1. The summed E-state index contributed by atoms with van der Waals surface area (Å²) < 4.78 is 0. The maximum Gasteiger partial charge on any atom is 0.243 e. The number of β-amino-alcohol motifs (C(OH)–C–C–N with tert-alkyl or cyclic N) is 1. The van der Waals surface area contributed by atoms with Crippen LogP contribution in [0.15, 0.2) is 29.8 Å². The summed E-state index contributed by atoms with van der Waals surface area (Å²) in [7, 11) is 2.15. The van der Waals surface area contributed by atoms with E-state index in [1.165, 1.54) is 0 Å². The fraction of sp³-hybridized carbons (Fsp3) is 0.621. The van der Waals surface area contributed by atoms with Gasteiger partial charge in [-0.3, -0.25) is 9.59 Å². The summed E-state index contributed by atoms with van der Waals surface area (Å²) in [4.78, 5) is 36.4. The molecular formula is C29H43N5O3S. The first-order valence-corrected chi connectivity index (χ1v) is 14.6. The molecule has 3 N–H and O–H groups in total. The highest BCUT2D eigenvalue weighted by Gasteiger charge is 2.44. The maximum absolute atomic E-state index is 13.8. The molecule has 3 atom stereocenters. The Hall–Kier alpha value is -2.33. The molecule has 1 aromatic heterocycles. The Balaban J connectivity index is 1.37. The summed E-state index contributed by atoms with van der Waals surface area (Å²) in [5.74, 6) is 0.213. The third-order valence-electron chi connectivity index (χ3n) is 7.85. The summed E-state index contributed by atoms with van der Waals surface area (Å²) in [6, 6.07) is 6.99. The monoisotopic (exact) mass is 541 g/mol. The van der Waals surface area contributed by atoms with Gasteiger partial charge in [0.2, 0.25) is 11.8 Å². The van der Waals surface area contributed by atoms with Gasteiger partial charge in [0.15, 0.2) is 0 Å². The van der Waals surface area contributed by atoms with E-state index in [4.69, 9.17) is 0 Å². The highest BCUT2D eigenvalue weighted by molar-refractivity contribution is 7.13. The number of piperidine rings is 1. The molecule has 0 unspecified atom stereocenters. The van der Waals surface area contributed by atoms with Crippen molar-refractivity contribution in [1.82, 2.24) is 25.4 Å². The topological polar surface area (TPSA) is 97.8 Å². The highest BCUT2D eigenvalue weighted by atomic mass is 32.1. The molecule has 2 fully saturated rings. The lowest BCUT2D eigenvalue weighted by Crippen LogP contribution is -2.57. The van der Waals surface area contributed by atoms with Gasteiger partial charge in [-0.1, -0.05) is 45.0 Å². The molecule has 0 bridgehead atoms. The fourth-order valence-corrected chi connectivity index (χ4v) is 6.26. The Kier molecular flexibility index (Phi) is 9.23. The van der Waals surface area contributed by atoms with Crippen molar-refractivity contribution < 1.29 is 14.7 Å². The first-order valence-electron chi connectivity index (χ1n) is 13.7. The van der Waals surface area contributed by atoms with Crippen molar-refractivity contribution in [3.05, 3.63) is 41.0 Å². The van der Waals surface area contributed by atoms with Gasteiger partial charge in [0, 0.05) is 19.5 Å². The molecule has 2 amide bonds. The predicted molar refractivity (Wildman–Crippen MR) is 152 cm³/mol. The molecule has 208 valence electrons. The minimum absolute atomic E-state index is 0.105. The minimum Gasteiger partial charge on any atom is -0.391 e. The number of thiazole rings is 1. The molecule has 9 heteroatoms. The van der Waals surface area contributed by atoms with Gasteiger partial charge in [0.05, 0.1) is 28.2 Å². The number of aliphatic hydroxyl groups excluding tert-OH is 1. The van der Waals surface area contributed by atoms with Crippen LogP contribution in [0.2, 0.25) is 0 Å². The van der Waals surface area contributed by atoms with E-state index < -0.39 is 18.2 Å². The van der Waals surface area contributed by atoms with Gasteiger partial charge < -0.3 is 25.5 Å². The van der Waals surface area contributed by atoms with Gasteiger partial charge in [0.1, 0.15) is 6.04 Å². The number of amides is 2. The van der Waals surface area contributed by atoms with Gasteiger partial charge in [-0.25, -0.2) is 4.98 Å². The fourth-order valence-electron chi connectivity index (χ4n) is 5.45. The van der Waals surface area contributed by atoms with Gasteiger partial charge in [-0.05, 0) is 68.9 Å². The number of likely N-dealkylation sites (tertiary alicyclic amines) is 2. The number of aryl methyl sites for hydroxylation is 1. The standard InChI is InChI=1S/C29H43N5O3S/c1-19-25(38-18-32-19)22-8-6-20(7-9-22)16-31-27(36)24-14-23(35)17-34(24)28(37)26(29(2,3)4)30-15-21-10-12-33(5)13-11-21/h6-9,18,21,23-24,26,30,35H,10-17H2,1-5H3,(H,31,36)/t23-,24+,26-/m1/s1. The lowest BCUT2D eigenvalue weighted by molar-refractivity contribution is -0.142. The molecule has 0 radical (unpaired) electrons. The third kappa shape index (κ3) is 7.00. The van der Waals surface area contributed by atoms with Gasteiger partial charge >= 0.3 is 0 Å². The SMILES string of the molecule is Cc1ncsc1-c1ccc(CNC(=O)[C@@H]2C[C@@H](O)CN2C(=O)[C@@H](NCC2CCN(C)CC2)C(C)(C)C)cc1. The zero-order valence-corrected chi connectivity index (χ0v) is 24.2. The maximum atomic E-state index is 13.8. The van der Waals surface area contributed by atoms with E-state index in [2.05, 4.69) is 48.3 Å². The number of carbonyl (C=O) groups is 2. The first kappa shape index (κ1) is 28.7. The molecule has 0 spiro atoms. The van der Waals surface area contributed by atoms with Crippen LogP contribution in [-0.4, -0.2) is 83.1 Å².